The van der Waals surface area contributed by atoms with Gasteiger partial charge in [0.05, 0.1) is 19.9 Å². The molecule has 0 aliphatic carbocycles. The lowest BCUT2D eigenvalue weighted by molar-refractivity contribution is -0.117. The van der Waals surface area contributed by atoms with E-state index in [-0.39, 0.29) is 11.2 Å². The highest BCUT2D eigenvalue weighted by molar-refractivity contribution is 7.81. The highest BCUT2D eigenvalue weighted by Crippen LogP contribution is 2.31. The van der Waals surface area contributed by atoms with Gasteiger partial charge < -0.3 is 14.4 Å². The van der Waals surface area contributed by atoms with E-state index in [0.29, 0.717) is 24.5 Å². The fourth-order valence-corrected chi connectivity index (χ4v) is 2.21. The molecule has 0 saturated carbocycles. The van der Waals surface area contributed by atoms with Crippen molar-refractivity contribution in [1.82, 2.24) is 0 Å². The van der Waals surface area contributed by atoms with E-state index < -0.39 is 0 Å². The molecule has 1 saturated heterocycles. The number of ether oxygens (including phenoxy) is 2. The summed E-state index contributed by atoms with van der Waals surface area (Å²) in [6.45, 7) is 0.623. The minimum atomic E-state index is 0.0836. The lowest BCUT2D eigenvalue weighted by Gasteiger charge is -2.18. The Kier molecular flexibility index (Phi) is 3.47. The molecule has 0 bridgehead atoms. The van der Waals surface area contributed by atoms with Gasteiger partial charge in [0.15, 0.2) is 0 Å². The quantitative estimate of drug-likeness (QED) is 0.834. The van der Waals surface area contributed by atoms with E-state index in [0.717, 1.165) is 5.69 Å². The third-order valence-electron chi connectivity index (χ3n) is 2.75. The molecule has 0 radical (unpaired) electrons. The van der Waals surface area contributed by atoms with Gasteiger partial charge in [0.1, 0.15) is 11.5 Å². The predicted molar refractivity (Wildman–Crippen MR) is 69.3 cm³/mol. The number of hydrogen-bond acceptors (Lipinski definition) is 4. The summed E-state index contributed by atoms with van der Waals surface area (Å²) < 4.78 is 10.4. The summed E-state index contributed by atoms with van der Waals surface area (Å²) in [6.07, 6.45) is 0.475. The van der Waals surface area contributed by atoms with Crippen molar-refractivity contribution in [1.29, 1.82) is 0 Å². The van der Waals surface area contributed by atoms with Crippen LogP contribution in [0.3, 0.4) is 0 Å². The average molecular weight is 253 g/mol. The molecule has 1 aromatic rings. The van der Waals surface area contributed by atoms with Crippen molar-refractivity contribution in [2.75, 3.05) is 25.7 Å². The Morgan fingerprint density at radius 1 is 1.24 bits per heavy atom. The molecule has 1 fully saturated rings. The van der Waals surface area contributed by atoms with Gasteiger partial charge in [-0.05, 0) is 0 Å². The Balaban J connectivity index is 2.34. The molecular formula is C12H15NO3S. The van der Waals surface area contributed by atoms with Crippen molar-refractivity contribution in [3.8, 4) is 11.5 Å². The topological polar surface area (TPSA) is 38.8 Å². The number of anilines is 1. The third kappa shape index (κ3) is 2.49. The van der Waals surface area contributed by atoms with Crippen LogP contribution in [0.25, 0.3) is 0 Å². The molecule has 5 heteroatoms. The number of nitrogens with zero attached hydrogens (tertiary/aromatic N) is 1. The van der Waals surface area contributed by atoms with Crippen LogP contribution in [0, 0.1) is 0 Å². The molecule has 1 aliphatic heterocycles. The zero-order valence-electron chi connectivity index (χ0n) is 9.84. The van der Waals surface area contributed by atoms with Gasteiger partial charge >= 0.3 is 0 Å². The van der Waals surface area contributed by atoms with E-state index in [1.165, 1.54) is 0 Å². The summed E-state index contributed by atoms with van der Waals surface area (Å²) in [7, 11) is 3.18. The molecule has 1 unspecified atom stereocenters. The first-order valence-electron chi connectivity index (χ1n) is 5.35. The van der Waals surface area contributed by atoms with Gasteiger partial charge in [-0.25, -0.2) is 0 Å². The molecule has 0 aromatic heterocycles. The summed E-state index contributed by atoms with van der Waals surface area (Å²) in [5.74, 6) is 1.44. The molecule has 4 nitrogen and oxygen atoms in total. The number of carbonyl (C=O) groups is 1. The van der Waals surface area contributed by atoms with Gasteiger partial charge in [0.2, 0.25) is 5.91 Å². The smallest absolute Gasteiger partial charge is 0.228 e. The molecule has 1 aromatic carbocycles. The van der Waals surface area contributed by atoms with Crippen molar-refractivity contribution in [2.45, 2.75) is 11.7 Å². The van der Waals surface area contributed by atoms with Crippen molar-refractivity contribution in [3.63, 3.8) is 0 Å². The Morgan fingerprint density at radius 3 is 2.24 bits per heavy atom. The van der Waals surface area contributed by atoms with Gasteiger partial charge in [-0.1, -0.05) is 0 Å². The maximum absolute atomic E-state index is 11.8. The summed E-state index contributed by atoms with van der Waals surface area (Å²) in [4.78, 5) is 13.5. The van der Waals surface area contributed by atoms with E-state index in [2.05, 4.69) is 12.6 Å². The number of hydrogen-bond donors (Lipinski definition) is 1. The van der Waals surface area contributed by atoms with Crippen LogP contribution in [0.5, 0.6) is 11.5 Å². The van der Waals surface area contributed by atoms with Crippen LogP contribution in [0.15, 0.2) is 18.2 Å². The average Bonchev–Trinajstić information content (AvgIpc) is 2.67. The van der Waals surface area contributed by atoms with Gasteiger partial charge in [0, 0.05) is 36.4 Å². The highest BCUT2D eigenvalue weighted by Gasteiger charge is 2.28. The molecule has 17 heavy (non-hydrogen) atoms. The van der Waals surface area contributed by atoms with Crippen LogP contribution in [0.4, 0.5) is 5.69 Å². The molecule has 0 N–H and O–H groups in total. The SMILES string of the molecule is COc1cc(OC)cc(N2CC(S)CC2=O)c1. The second-order valence-electron chi connectivity index (χ2n) is 3.93. The second kappa shape index (κ2) is 4.87. The van der Waals surface area contributed by atoms with E-state index in [4.69, 9.17) is 9.47 Å². The fraction of sp³-hybridized carbons (Fsp3) is 0.417. The number of carbonyl (C=O) groups excluding carboxylic acids is 1. The predicted octanol–water partition coefficient (Wildman–Crippen LogP) is 1.74. The van der Waals surface area contributed by atoms with Crippen LogP contribution in [0.1, 0.15) is 6.42 Å². The zero-order valence-corrected chi connectivity index (χ0v) is 10.7. The zero-order chi connectivity index (χ0) is 12.4. The third-order valence-corrected chi connectivity index (χ3v) is 3.10. The number of amides is 1. The summed E-state index contributed by atoms with van der Waals surface area (Å²) >= 11 is 4.33. The molecule has 92 valence electrons. The molecule has 0 spiro atoms. The molecule has 2 rings (SSSR count). The van der Waals surface area contributed by atoms with Crippen LogP contribution in [-0.4, -0.2) is 31.9 Å². The Bertz CT molecular complexity index is 414. The van der Waals surface area contributed by atoms with E-state index in [9.17, 15) is 4.79 Å². The lowest BCUT2D eigenvalue weighted by Crippen LogP contribution is -2.24. The summed E-state index contributed by atoms with van der Waals surface area (Å²) in [5.41, 5.74) is 0.794. The highest BCUT2D eigenvalue weighted by atomic mass is 32.1. The van der Waals surface area contributed by atoms with Crippen molar-refractivity contribution >= 4 is 24.2 Å². The summed E-state index contributed by atoms with van der Waals surface area (Å²) in [6, 6.07) is 5.43. The van der Waals surface area contributed by atoms with Crippen LogP contribution < -0.4 is 14.4 Å². The van der Waals surface area contributed by atoms with Gasteiger partial charge in [-0.2, -0.15) is 12.6 Å². The molecule has 1 heterocycles. The normalized spacial score (nSPS) is 19.6. The number of methoxy groups -OCH3 is 2. The number of benzene rings is 1. The van der Waals surface area contributed by atoms with Crippen molar-refractivity contribution < 1.29 is 14.3 Å². The molecule has 1 atom stereocenters. The summed E-state index contributed by atoms with van der Waals surface area (Å²) in [5, 5.41) is 0.0969. The Hall–Kier alpha value is -1.36. The van der Waals surface area contributed by atoms with Crippen molar-refractivity contribution in [3.05, 3.63) is 18.2 Å². The monoisotopic (exact) mass is 253 g/mol. The van der Waals surface area contributed by atoms with E-state index in [1.807, 2.05) is 12.1 Å². The first-order chi connectivity index (χ1) is 8.13. The Morgan fingerprint density at radius 2 is 1.82 bits per heavy atom. The fourth-order valence-electron chi connectivity index (χ4n) is 1.89. The standard InChI is InChI=1S/C12H15NO3S/c1-15-9-3-8(4-10(5-9)16-2)13-7-11(17)6-12(13)14/h3-5,11,17H,6-7H2,1-2H3. The van der Waals surface area contributed by atoms with Gasteiger partial charge in [0.25, 0.3) is 0 Å². The van der Waals surface area contributed by atoms with Crippen molar-refractivity contribution in [2.24, 2.45) is 0 Å². The van der Waals surface area contributed by atoms with Crippen LogP contribution in [-0.2, 0) is 4.79 Å². The maximum Gasteiger partial charge on any atom is 0.228 e. The maximum atomic E-state index is 11.8. The first kappa shape index (κ1) is 12.1. The number of rotatable bonds is 3. The molecular weight excluding hydrogens is 238 g/mol. The van der Waals surface area contributed by atoms with Crippen LogP contribution in [0.2, 0.25) is 0 Å². The van der Waals surface area contributed by atoms with Gasteiger partial charge in [-0.3, -0.25) is 4.79 Å². The largest absolute Gasteiger partial charge is 0.497 e. The van der Waals surface area contributed by atoms with E-state index in [1.54, 1.807) is 25.2 Å². The Labute approximate surface area is 106 Å². The minimum absolute atomic E-state index is 0.0836. The second-order valence-corrected chi connectivity index (χ2v) is 4.66. The first-order valence-corrected chi connectivity index (χ1v) is 5.87. The number of thiol groups is 1. The van der Waals surface area contributed by atoms with Crippen LogP contribution >= 0.6 is 12.6 Å². The molecule has 1 amide bonds. The lowest BCUT2D eigenvalue weighted by atomic mass is 10.2. The van der Waals surface area contributed by atoms with E-state index >= 15 is 0 Å². The van der Waals surface area contributed by atoms with Gasteiger partial charge in [-0.15, -0.1) is 0 Å². The minimum Gasteiger partial charge on any atom is -0.497 e. The molecule has 1 aliphatic rings.